The Balaban J connectivity index is 2.21. The van der Waals surface area contributed by atoms with E-state index in [2.05, 4.69) is 5.32 Å². The summed E-state index contributed by atoms with van der Waals surface area (Å²) in [5.41, 5.74) is 2.35. The number of nitrogens with one attached hydrogen (secondary N) is 1. The van der Waals surface area contributed by atoms with Crippen LogP contribution in [-0.4, -0.2) is 18.0 Å². The quantitative estimate of drug-likeness (QED) is 0.635. The highest BCUT2D eigenvalue weighted by Crippen LogP contribution is 2.20. The van der Waals surface area contributed by atoms with E-state index in [9.17, 15) is 9.59 Å². The molecule has 2 aromatic rings. The van der Waals surface area contributed by atoms with Crippen LogP contribution >= 0.6 is 0 Å². The number of carbonyl (C=O) groups excluding carboxylic acids is 2. The number of hydrogen-bond donors (Lipinski definition) is 1. The lowest BCUT2D eigenvalue weighted by atomic mass is 10.1. The average molecular weight is 323 g/mol. The van der Waals surface area contributed by atoms with Gasteiger partial charge in [0.25, 0.3) is 0 Å². The van der Waals surface area contributed by atoms with E-state index in [4.69, 9.17) is 4.74 Å². The number of carbonyl (C=O) groups is 2. The summed E-state index contributed by atoms with van der Waals surface area (Å²) >= 11 is 0. The van der Waals surface area contributed by atoms with Gasteiger partial charge in [0.2, 0.25) is 0 Å². The second-order valence-corrected chi connectivity index (χ2v) is 6.29. The molecule has 124 valence electrons. The summed E-state index contributed by atoms with van der Waals surface area (Å²) in [5.74, 6) is 0. The molecule has 0 heterocycles. The number of rotatable bonds is 4. The Kier molecular flexibility index (Phi) is 5.53. The van der Waals surface area contributed by atoms with E-state index in [0.29, 0.717) is 11.3 Å². The van der Waals surface area contributed by atoms with Crippen molar-refractivity contribution < 1.29 is 14.3 Å². The van der Waals surface area contributed by atoms with Crippen LogP contribution in [0.4, 0.5) is 10.5 Å². The molecule has 1 N–H and O–H groups in total. The minimum atomic E-state index is -0.558. The molecule has 1 amide bonds. The van der Waals surface area contributed by atoms with Gasteiger partial charge in [-0.25, -0.2) is 4.79 Å². The zero-order valence-corrected chi connectivity index (χ0v) is 14.1. The highest BCUT2D eigenvalue weighted by molar-refractivity contribution is 5.91. The first-order valence-electron chi connectivity index (χ1n) is 7.70. The largest absolute Gasteiger partial charge is 0.444 e. The SMILES string of the molecule is CC(C)(C)OC(=O)Nc1ccccc1/C=C\c1ccccc1C=O. The molecule has 0 atom stereocenters. The van der Waals surface area contributed by atoms with Crippen LogP contribution in [0.15, 0.2) is 48.5 Å². The van der Waals surface area contributed by atoms with Gasteiger partial charge < -0.3 is 4.74 Å². The van der Waals surface area contributed by atoms with E-state index in [-0.39, 0.29) is 0 Å². The smallest absolute Gasteiger partial charge is 0.412 e. The number of amides is 1. The molecule has 4 heteroatoms. The minimum absolute atomic E-state index is 0.503. The normalized spacial score (nSPS) is 11.3. The molecule has 0 unspecified atom stereocenters. The van der Waals surface area contributed by atoms with Gasteiger partial charge in [0.1, 0.15) is 5.60 Å². The van der Waals surface area contributed by atoms with E-state index in [1.165, 1.54) is 0 Å². The molecule has 0 aliphatic carbocycles. The molecule has 2 rings (SSSR count). The van der Waals surface area contributed by atoms with Gasteiger partial charge in [-0.15, -0.1) is 0 Å². The summed E-state index contributed by atoms with van der Waals surface area (Å²) in [6.45, 7) is 5.44. The molecular weight excluding hydrogens is 302 g/mol. The third kappa shape index (κ3) is 5.09. The molecule has 0 aliphatic heterocycles. The lowest BCUT2D eigenvalue weighted by Crippen LogP contribution is -2.27. The van der Waals surface area contributed by atoms with Crippen molar-refractivity contribution in [3.05, 3.63) is 65.2 Å². The molecule has 0 bridgehead atoms. The van der Waals surface area contributed by atoms with Gasteiger partial charge >= 0.3 is 6.09 Å². The second kappa shape index (κ2) is 7.59. The summed E-state index contributed by atoms with van der Waals surface area (Å²) in [6.07, 6.45) is 4.02. The van der Waals surface area contributed by atoms with E-state index in [1.54, 1.807) is 12.1 Å². The fourth-order valence-electron chi connectivity index (χ4n) is 2.12. The van der Waals surface area contributed by atoms with Crippen molar-refractivity contribution in [3.63, 3.8) is 0 Å². The predicted molar refractivity (Wildman–Crippen MR) is 97.1 cm³/mol. The molecule has 2 aromatic carbocycles. The van der Waals surface area contributed by atoms with Gasteiger partial charge in [0, 0.05) is 5.56 Å². The molecular formula is C20H21NO3. The van der Waals surface area contributed by atoms with Gasteiger partial charge in [0.05, 0.1) is 5.69 Å². The number of benzene rings is 2. The lowest BCUT2D eigenvalue weighted by molar-refractivity contribution is 0.0635. The fraction of sp³-hybridized carbons (Fsp3) is 0.200. The molecule has 0 fully saturated rings. The molecule has 0 saturated carbocycles. The van der Waals surface area contributed by atoms with Crippen LogP contribution in [0.25, 0.3) is 12.2 Å². The predicted octanol–water partition coefficient (Wildman–Crippen LogP) is 5.02. The van der Waals surface area contributed by atoms with Crippen LogP contribution in [0, 0.1) is 0 Å². The van der Waals surface area contributed by atoms with Gasteiger partial charge in [-0.3, -0.25) is 10.1 Å². The summed E-state index contributed by atoms with van der Waals surface area (Å²) in [7, 11) is 0. The Morgan fingerprint density at radius 1 is 0.917 bits per heavy atom. The molecule has 0 aliphatic rings. The maximum atomic E-state index is 12.0. The van der Waals surface area contributed by atoms with Crippen LogP contribution in [0.1, 0.15) is 42.3 Å². The van der Waals surface area contributed by atoms with Crippen molar-refractivity contribution in [2.24, 2.45) is 0 Å². The maximum absolute atomic E-state index is 12.0. The van der Waals surface area contributed by atoms with E-state index >= 15 is 0 Å². The molecule has 24 heavy (non-hydrogen) atoms. The number of para-hydroxylation sites is 1. The van der Waals surface area contributed by atoms with Crippen molar-refractivity contribution >= 4 is 30.2 Å². The Morgan fingerprint density at radius 3 is 2.08 bits per heavy atom. The van der Waals surface area contributed by atoms with Crippen molar-refractivity contribution in [3.8, 4) is 0 Å². The van der Waals surface area contributed by atoms with Gasteiger partial charge in [-0.2, -0.15) is 0 Å². The van der Waals surface area contributed by atoms with Crippen LogP contribution < -0.4 is 5.32 Å². The van der Waals surface area contributed by atoms with Crippen molar-refractivity contribution in [1.29, 1.82) is 0 Å². The molecule has 0 saturated heterocycles. The Labute approximate surface area is 142 Å². The minimum Gasteiger partial charge on any atom is -0.444 e. The van der Waals surface area contributed by atoms with E-state index in [1.807, 2.05) is 69.3 Å². The topological polar surface area (TPSA) is 55.4 Å². The highest BCUT2D eigenvalue weighted by Gasteiger charge is 2.16. The molecule has 4 nitrogen and oxygen atoms in total. The fourth-order valence-corrected chi connectivity index (χ4v) is 2.12. The lowest BCUT2D eigenvalue weighted by Gasteiger charge is -2.20. The highest BCUT2D eigenvalue weighted by atomic mass is 16.6. The maximum Gasteiger partial charge on any atom is 0.412 e. The second-order valence-electron chi connectivity index (χ2n) is 6.29. The Bertz CT molecular complexity index is 757. The monoisotopic (exact) mass is 323 g/mol. The van der Waals surface area contributed by atoms with Crippen molar-refractivity contribution in [1.82, 2.24) is 0 Å². The third-order valence-electron chi connectivity index (χ3n) is 3.16. The zero-order chi connectivity index (χ0) is 17.6. The summed E-state index contributed by atoms with van der Waals surface area (Å²) < 4.78 is 5.28. The Hall–Kier alpha value is -2.88. The van der Waals surface area contributed by atoms with Crippen LogP contribution in [0.5, 0.6) is 0 Å². The number of hydrogen-bond acceptors (Lipinski definition) is 3. The first-order chi connectivity index (χ1) is 11.4. The van der Waals surface area contributed by atoms with Crippen LogP contribution in [0.2, 0.25) is 0 Å². The molecule has 0 radical (unpaired) electrons. The summed E-state index contributed by atoms with van der Waals surface area (Å²) in [5, 5.41) is 2.75. The summed E-state index contributed by atoms with van der Waals surface area (Å²) in [4.78, 5) is 23.0. The molecule has 0 spiro atoms. The molecule has 0 aromatic heterocycles. The first kappa shape index (κ1) is 17.5. The van der Waals surface area contributed by atoms with Crippen molar-refractivity contribution in [2.75, 3.05) is 5.32 Å². The zero-order valence-electron chi connectivity index (χ0n) is 14.1. The Morgan fingerprint density at radius 2 is 1.46 bits per heavy atom. The number of aldehydes is 1. The standard InChI is InChI=1S/C20H21NO3/c1-20(2,3)24-19(23)21-18-11-7-6-9-16(18)13-12-15-8-4-5-10-17(15)14-22/h4-14H,1-3H3,(H,21,23)/b13-12-. The first-order valence-corrected chi connectivity index (χ1v) is 7.70. The average Bonchev–Trinajstić information content (AvgIpc) is 2.52. The van der Waals surface area contributed by atoms with Gasteiger partial charge in [-0.05, 0) is 38.0 Å². The van der Waals surface area contributed by atoms with E-state index in [0.717, 1.165) is 17.4 Å². The van der Waals surface area contributed by atoms with Crippen molar-refractivity contribution in [2.45, 2.75) is 26.4 Å². The number of ether oxygens (including phenoxy) is 1. The van der Waals surface area contributed by atoms with Crippen LogP contribution in [-0.2, 0) is 4.74 Å². The summed E-state index contributed by atoms with van der Waals surface area (Å²) in [6, 6.07) is 14.7. The van der Waals surface area contributed by atoms with Gasteiger partial charge in [-0.1, -0.05) is 54.6 Å². The van der Waals surface area contributed by atoms with Gasteiger partial charge in [0.15, 0.2) is 6.29 Å². The third-order valence-corrected chi connectivity index (χ3v) is 3.16. The van der Waals surface area contributed by atoms with E-state index < -0.39 is 11.7 Å². The van der Waals surface area contributed by atoms with Crippen LogP contribution in [0.3, 0.4) is 0 Å². The number of anilines is 1.